The van der Waals surface area contributed by atoms with Gasteiger partial charge in [0, 0.05) is 12.6 Å². The lowest BCUT2D eigenvalue weighted by Crippen LogP contribution is -2.53. The zero-order valence-electron chi connectivity index (χ0n) is 20.9. The van der Waals surface area contributed by atoms with Crippen LogP contribution in [0, 0.1) is 6.92 Å². The second-order valence-electron chi connectivity index (χ2n) is 9.61. The zero-order valence-corrected chi connectivity index (χ0v) is 21.7. The monoisotopic (exact) mass is 503 g/mol. The summed E-state index contributed by atoms with van der Waals surface area (Å²) < 4.78 is 35.0. The highest BCUT2D eigenvalue weighted by molar-refractivity contribution is 7.89. The summed E-state index contributed by atoms with van der Waals surface area (Å²) in [4.78, 5) is 2.60. The molecule has 1 unspecified atom stereocenters. The number of nitrogens with zero attached hydrogens (tertiary/aromatic N) is 3. The molecule has 6 nitrogen and oxygen atoms in total. The quantitative estimate of drug-likeness (QED) is 0.430. The van der Waals surface area contributed by atoms with Gasteiger partial charge in [-0.15, -0.1) is 0 Å². The number of benzene rings is 3. The molecule has 3 aromatic rings. The number of hydrogen-bond acceptors (Lipinski definition) is 5. The zero-order chi connectivity index (χ0) is 25.1. The van der Waals surface area contributed by atoms with E-state index in [-0.39, 0.29) is 10.9 Å². The highest BCUT2D eigenvalue weighted by Crippen LogP contribution is 2.39. The summed E-state index contributed by atoms with van der Waals surface area (Å²) in [5.41, 5.74) is 3.58. The maximum absolute atomic E-state index is 14.2. The standard InChI is InChI=1S/C29H33N3O3S/c1-22-13-19-27(20-14-22)36(33,34)32-29(24-9-5-3-6-10-24)31(25-11-7-4-8-12-25)21-28(30-32)23-15-17-26(35-2)18-16-23/h3,5-6,9-10,13-20,25,29H,4,7-8,11-12,21H2,1-2H3. The predicted molar refractivity (Wildman–Crippen MR) is 142 cm³/mol. The average Bonchev–Trinajstić information content (AvgIpc) is 2.93. The van der Waals surface area contributed by atoms with Crippen molar-refractivity contribution in [3.8, 4) is 5.75 Å². The van der Waals surface area contributed by atoms with Crippen LogP contribution in [0.1, 0.15) is 55.0 Å². The lowest BCUT2D eigenvalue weighted by molar-refractivity contribution is 0.0443. The first kappa shape index (κ1) is 24.5. The highest BCUT2D eigenvalue weighted by Gasteiger charge is 2.42. The fraction of sp³-hybridized carbons (Fsp3) is 0.345. The Kier molecular flexibility index (Phi) is 7.12. The molecule has 0 amide bonds. The van der Waals surface area contributed by atoms with Crippen LogP contribution in [0.15, 0.2) is 88.9 Å². The molecule has 0 saturated heterocycles. The Morgan fingerprint density at radius 2 is 1.53 bits per heavy atom. The fourth-order valence-electron chi connectivity index (χ4n) is 5.21. The first-order valence-electron chi connectivity index (χ1n) is 12.6. The molecule has 0 aromatic heterocycles. The second kappa shape index (κ2) is 10.4. The summed E-state index contributed by atoms with van der Waals surface area (Å²) >= 11 is 0. The highest BCUT2D eigenvalue weighted by atomic mass is 32.2. The molecule has 2 aliphatic rings. The molecule has 5 rings (SSSR count). The summed E-state index contributed by atoms with van der Waals surface area (Å²) in [6, 6.07) is 24.9. The normalized spacial score (nSPS) is 19.7. The van der Waals surface area contributed by atoms with E-state index in [1.807, 2.05) is 73.7 Å². The second-order valence-corrected chi connectivity index (χ2v) is 11.4. The molecule has 0 spiro atoms. The number of sulfonamides is 1. The van der Waals surface area contributed by atoms with Crippen LogP contribution < -0.4 is 4.74 Å². The number of ether oxygens (including phenoxy) is 1. The maximum atomic E-state index is 14.2. The third kappa shape index (κ3) is 4.90. The molecule has 0 N–H and O–H groups in total. The van der Waals surface area contributed by atoms with Gasteiger partial charge in [0.15, 0.2) is 0 Å². The Labute approximate surface area is 214 Å². The van der Waals surface area contributed by atoms with Gasteiger partial charge < -0.3 is 4.74 Å². The molecule has 1 atom stereocenters. The van der Waals surface area contributed by atoms with Crippen LogP contribution in [0.25, 0.3) is 0 Å². The molecule has 7 heteroatoms. The lowest BCUT2D eigenvalue weighted by Gasteiger charge is -2.46. The minimum absolute atomic E-state index is 0.248. The van der Waals surface area contributed by atoms with Gasteiger partial charge in [0.2, 0.25) is 0 Å². The Morgan fingerprint density at radius 3 is 2.17 bits per heavy atom. The number of hydrazone groups is 1. The smallest absolute Gasteiger partial charge is 0.280 e. The number of methoxy groups -OCH3 is 1. The number of rotatable bonds is 6. The Balaban J connectivity index is 1.67. The summed E-state index contributed by atoms with van der Waals surface area (Å²) in [6.07, 6.45) is 5.13. The average molecular weight is 504 g/mol. The maximum Gasteiger partial charge on any atom is 0.280 e. The van der Waals surface area contributed by atoms with Crippen molar-refractivity contribution in [2.45, 2.75) is 56.1 Å². The van der Waals surface area contributed by atoms with Crippen molar-refractivity contribution in [3.05, 3.63) is 95.6 Å². The topological polar surface area (TPSA) is 62.2 Å². The number of hydrogen-bond donors (Lipinski definition) is 0. The van der Waals surface area contributed by atoms with E-state index in [2.05, 4.69) is 4.90 Å². The summed E-state index contributed by atoms with van der Waals surface area (Å²) in [5, 5.41) is 4.86. The van der Waals surface area contributed by atoms with Crippen LogP contribution >= 0.6 is 0 Å². The fourth-order valence-corrected chi connectivity index (χ4v) is 6.62. The van der Waals surface area contributed by atoms with Gasteiger partial charge in [-0.2, -0.15) is 17.9 Å². The molecule has 1 saturated carbocycles. The van der Waals surface area contributed by atoms with Crippen molar-refractivity contribution < 1.29 is 13.2 Å². The molecular formula is C29H33N3O3S. The van der Waals surface area contributed by atoms with Crippen LogP contribution in [0.4, 0.5) is 0 Å². The third-order valence-corrected chi connectivity index (χ3v) is 8.85. The van der Waals surface area contributed by atoms with E-state index >= 15 is 0 Å². The van der Waals surface area contributed by atoms with Crippen molar-refractivity contribution in [2.75, 3.05) is 13.7 Å². The van der Waals surface area contributed by atoms with Crippen molar-refractivity contribution >= 4 is 15.7 Å². The molecule has 1 aliphatic carbocycles. The molecular weight excluding hydrogens is 470 g/mol. The van der Waals surface area contributed by atoms with Crippen LogP contribution in [0.2, 0.25) is 0 Å². The van der Waals surface area contributed by atoms with Crippen LogP contribution in [0.5, 0.6) is 5.75 Å². The van der Waals surface area contributed by atoms with Gasteiger partial charge in [0.05, 0.1) is 17.7 Å². The van der Waals surface area contributed by atoms with E-state index < -0.39 is 16.2 Å². The number of aryl methyl sites for hydroxylation is 1. The van der Waals surface area contributed by atoms with Gasteiger partial charge in [0.1, 0.15) is 11.9 Å². The van der Waals surface area contributed by atoms with Crippen LogP contribution in [-0.4, -0.2) is 43.1 Å². The minimum atomic E-state index is -3.92. The predicted octanol–water partition coefficient (Wildman–Crippen LogP) is 5.75. The summed E-state index contributed by atoms with van der Waals surface area (Å²) in [7, 11) is -2.28. The van der Waals surface area contributed by atoms with E-state index in [1.165, 1.54) is 10.8 Å². The molecule has 1 fully saturated rings. The third-order valence-electron chi connectivity index (χ3n) is 7.20. The minimum Gasteiger partial charge on any atom is -0.497 e. The molecule has 0 radical (unpaired) electrons. The van der Waals surface area contributed by atoms with Gasteiger partial charge in [-0.3, -0.25) is 4.90 Å². The van der Waals surface area contributed by atoms with E-state index in [9.17, 15) is 8.42 Å². The summed E-state index contributed by atoms with van der Waals surface area (Å²) in [5.74, 6) is 0.755. The SMILES string of the molecule is COc1ccc(C2=NN(S(=O)(=O)c3ccc(C)cc3)C(c3ccccc3)N(C3CCCCC3)C2)cc1. The molecule has 36 heavy (non-hydrogen) atoms. The van der Waals surface area contributed by atoms with Gasteiger partial charge in [-0.1, -0.05) is 67.3 Å². The molecule has 1 aliphatic heterocycles. The Hall–Kier alpha value is -3.16. The van der Waals surface area contributed by atoms with Gasteiger partial charge in [-0.25, -0.2) is 0 Å². The Morgan fingerprint density at radius 1 is 0.861 bits per heavy atom. The Bertz CT molecular complexity index is 1300. The van der Waals surface area contributed by atoms with E-state index in [0.717, 1.165) is 53.8 Å². The lowest BCUT2D eigenvalue weighted by atomic mass is 9.92. The van der Waals surface area contributed by atoms with Gasteiger partial charge >= 0.3 is 0 Å². The van der Waals surface area contributed by atoms with Gasteiger partial charge in [0.25, 0.3) is 10.0 Å². The van der Waals surface area contributed by atoms with Crippen LogP contribution in [-0.2, 0) is 10.0 Å². The van der Waals surface area contributed by atoms with Crippen molar-refractivity contribution in [1.29, 1.82) is 0 Å². The largest absolute Gasteiger partial charge is 0.497 e. The molecule has 0 bridgehead atoms. The summed E-state index contributed by atoms with van der Waals surface area (Å²) in [6.45, 7) is 2.53. The van der Waals surface area contributed by atoms with Gasteiger partial charge in [-0.05, 0) is 67.3 Å². The molecule has 3 aromatic carbocycles. The first-order valence-corrected chi connectivity index (χ1v) is 14.0. The van der Waals surface area contributed by atoms with E-state index in [4.69, 9.17) is 9.84 Å². The van der Waals surface area contributed by atoms with Crippen LogP contribution in [0.3, 0.4) is 0 Å². The molecule has 188 valence electrons. The molecule has 1 heterocycles. The first-order chi connectivity index (χ1) is 17.5. The van der Waals surface area contributed by atoms with E-state index in [1.54, 1.807) is 19.2 Å². The van der Waals surface area contributed by atoms with Crippen molar-refractivity contribution in [2.24, 2.45) is 5.10 Å². The van der Waals surface area contributed by atoms with E-state index in [0.29, 0.717) is 6.54 Å². The van der Waals surface area contributed by atoms with Crippen molar-refractivity contribution in [1.82, 2.24) is 9.31 Å². The van der Waals surface area contributed by atoms with Crippen molar-refractivity contribution in [3.63, 3.8) is 0 Å².